The fourth-order valence-corrected chi connectivity index (χ4v) is 1.26. The quantitative estimate of drug-likeness (QED) is 0.681. The van der Waals surface area contributed by atoms with Gasteiger partial charge in [-0.2, -0.15) is 0 Å². The van der Waals surface area contributed by atoms with E-state index in [1.54, 1.807) is 13.0 Å². The van der Waals surface area contributed by atoms with E-state index in [1.807, 2.05) is 24.3 Å². The molecule has 2 nitrogen and oxygen atoms in total. The number of carbonyl (C=O) groups excluding carboxylic acids is 1. The van der Waals surface area contributed by atoms with Gasteiger partial charge in [-0.05, 0) is 18.1 Å². The van der Waals surface area contributed by atoms with E-state index in [-0.39, 0.29) is 5.97 Å². The van der Waals surface area contributed by atoms with Gasteiger partial charge >= 0.3 is 5.97 Å². The average Bonchev–Trinajstić information content (AvgIpc) is 2.19. The Labute approximate surface area is 84.2 Å². The standard InChI is InChI=1S/C12H14O2/c1-3-10-7-5-6-8-11(10)9-12(13)14-4-2/h3,5-8H,1,4,9H2,2H3. The van der Waals surface area contributed by atoms with Gasteiger partial charge in [0.05, 0.1) is 13.0 Å². The van der Waals surface area contributed by atoms with Crippen molar-refractivity contribution in [1.29, 1.82) is 0 Å². The van der Waals surface area contributed by atoms with E-state index in [4.69, 9.17) is 4.74 Å². The van der Waals surface area contributed by atoms with Gasteiger partial charge in [-0.1, -0.05) is 36.9 Å². The van der Waals surface area contributed by atoms with Crippen LogP contribution in [-0.2, 0) is 16.0 Å². The summed E-state index contributed by atoms with van der Waals surface area (Å²) >= 11 is 0. The van der Waals surface area contributed by atoms with Crippen LogP contribution in [0.3, 0.4) is 0 Å². The number of hydrogen-bond acceptors (Lipinski definition) is 2. The van der Waals surface area contributed by atoms with Gasteiger partial charge in [-0.25, -0.2) is 0 Å². The van der Waals surface area contributed by atoms with Crippen LogP contribution in [0.4, 0.5) is 0 Å². The van der Waals surface area contributed by atoms with Crippen molar-refractivity contribution in [2.45, 2.75) is 13.3 Å². The van der Waals surface area contributed by atoms with Crippen molar-refractivity contribution in [2.24, 2.45) is 0 Å². The van der Waals surface area contributed by atoms with Crippen molar-refractivity contribution in [3.8, 4) is 0 Å². The Morgan fingerprint density at radius 1 is 1.50 bits per heavy atom. The van der Waals surface area contributed by atoms with E-state index >= 15 is 0 Å². The van der Waals surface area contributed by atoms with Gasteiger partial charge in [0.2, 0.25) is 0 Å². The Kier molecular flexibility index (Phi) is 3.92. The second kappa shape index (κ2) is 5.22. The number of carbonyl (C=O) groups is 1. The number of hydrogen-bond donors (Lipinski definition) is 0. The van der Waals surface area contributed by atoms with E-state index in [2.05, 4.69) is 6.58 Å². The van der Waals surface area contributed by atoms with Crippen molar-refractivity contribution in [3.05, 3.63) is 42.0 Å². The Morgan fingerprint density at radius 3 is 2.86 bits per heavy atom. The van der Waals surface area contributed by atoms with Crippen molar-refractivity contribution < 1.29 is 9.53 Å². The normalized spacial score (nSPS) is 9.50. The van der Waals surface area contributed by atoms with Gasteiger partial charge in [0.1, 0.15) is 0 Å². The highest BCUT2D eigenvalue weighted by atomic mass is 16.5. The maximum Gasteiger partial charge on any atom is 0.310 e. The summed E-state index contributed by atoms with van der Waals surface area (Å²) in [5.74, 6) is -0.193. The molecule has 0 bridgehead atoms. The Balaban J connectivity index is 2.75. The molecule has 0 aliphatic heterocycles. The minimum Gasteiger partial charge on any atom is -0.466 e. The maximum atomic E-state index is 11.2. The highest BCUT2D eigenvalue weighted by Crippen LogP contribution is 2.11. The highest BCUT2D eigenvalue weighted by molar-refractivity contribution is 5.74. The van der Waals surface area contributed by atoms with Crippen molar-refractivity contribution >= 4 is 12.0 Å². The topological polar surface area (TPSA) is 26.3 Å². The first-order valence-corrected chi connectivity index (χ1v) is 4.64. The van der Waals surface area contributed by atoms with Crippen LogP contribution >= 0.6 is 0 Å². The molecule has 0 radical (unpaired) electrons. The molecule has 14 heavy (non-hydrogen) atoms. The molecule has 1 rings (SSSR count). The van der Waals surface area contributed by atoms with Crippen LogP contribution in [-0.4, -0.2) is 12.6 Å². The summed E-state index contributed by atoms with van der Waals surface area (Å²) < 4.78 is 4.87. The zero-order valence-electron chi connectivity index (χ0n) is 8.32. The van der Waals surface area contributed by atoms with E-state index in [1.165, 1.54) is 0 Å². The minimum absolute atomic E-state index is 0.193. The predicted molar refractivity (Wildman–Crippen MR) is 56.9 cm³/mol. The molecule has 0 saturated heterocycles. The highest BCUT2D eigenvalue weighted by Gasteiger charge is 2.05. The van der Waals surface area contributed by atoms with Gasteiger partial charge in [0.15, 0.2) is 0 Å². The molecular formula is C12H14O2. The van der Waals surface area contributed by atoms with Crippen molar-refractivity contribution in [2.75, 3.05) is 6.61 Å². The van der Waals surface area contributed by atoms with E-state index < -0.39 is 0 Å². The first kappa shape index (κ1) is 10.5. The molecule has 74 valence electrons. The number of rotatable bonds is 4. The third-order valence-corrected chi connectivity index (χ3v) is 1.92. The molecule has 0 spiro atoms. The number of ether oxygens (including phenoxy) is 1. The molecule has 0 saturated carbocycles. The molecule has 0 aromatic heterocycles. The molecular weight excluding hydrogens is 176 g/mol. The largest absolute Gasteiger partial charge is 0.466 e. The lowest BCUT2D eigenvalue weighted by atomic mass is 10.1. The zero-order chi connectivity index (χ0) is 10.4. The average molecular weight is 190 g/mol. The summed E-state index contributed by atoms with van der Waals surface area (Å²) in [4.78, 5) is 11.2. The molecule has 0 fully saturated rings. The Bertz CT molecular complexity index is 329. The van der Waals surface area contributed by atoms with E-state index in [9.17, 15) is 4.79 Å². The first-order valence-electron chi connectivity index (χ1n) is 4.64. The molecule has 0 heterocycles. The molecule has 0 atom stereocenters. The van der Waals surface area contributed by atoms with E-state index in [0.29, 0.717) is 13.0 Å². The molecule has 1 aromatic carbocycles. The van der Waals surface area contributed by atoms with Gasteiger partial charge in [-0.15, -0.1) is 0 Å². The molecule has 0 aliphatic carbocycles. The van der Waals surface area contributed by atoms with Gasteiger partial charge in [0, 0.05) is 0 Å². The summed E-state index contributed by atoms with van der Waals surface area (Å²) in [7, 11) is 0. The number of esters is 1. The van der Waals surface area contributed by atoms with E-state index in [0.717, 1.165) is 11.1 Å². The third kappa shape index (κ3) is 2.73. The molecule has 1 aromatic rings. The lowest BCUT2D eigenvalue weighted by Gasteiger charge is -2.04. The molecule has 2 heteroatoms. The van der Waals surface area contributed by atoms with Crippen LogP contribution in [0.2, 0.25) is 0 Å². The monoisotopic (exact) mass is 190 g/mol. The molecule has 0 N–H and O–H groups in total. The minimum atomic E-state index is -0.193. The van der Waals surface area contributed by atoms with Crippen LogP contribution in [0.5, 0.6) is 0 Å². The van der Waals surface area contributed by atoms with Crippen LogP contribution < -0.4 is 0 Å². The number of benzene rings is 1. The smallest absolute Gasteiger partial charge is 0.310 e. The van der Waals surface area contributed by atoms with Crippen molar-refractivity contribution in [3.63, 3.8) is 0 Å². The maximum absolute atomic E-state index is 11.2. The third-order valence-electron chi connectivity index (χ3n) is 1.92. The fourth-order valence-electron chi connectivity index (χ4n) is 1.26. The summed E-state index contributed by atoms with van der Waals surface area (Å²) in [6.45, 7) is 5.92. The van der Waals surface area contributed by atoms with Crippen molar-refractivity contribution in [1.82, 2.24) is 0 Å². The lowest BCUT2D eigenvalue weighted by Crippen LogP contribution is -2.08. The molecule has 0 aliphatic rings. The summed E-state index contributed by atoms with van der Waals surface area (Å²) in [5.41, 5.74) is 1.95. The SMILES string of the molecule is C=Cc1ccccc1CC(=O)OCC. The predicted octanol–water partition coefficient (Wildman–Crippen LogP) is 2.44. The second-order valence-corrected chi connectivity index (χ2v) is 2.88. The molecule has 0 unspecified atom stereocenters. The lowest BCUT2D eigenvalue weighted by molar-refractivity contribution is -0.142. The summed E-state index contributed by atoms with van der Waals surface area (Å²) in [5, 5.41) is 0. The Hall–Kier alpha value is -1.57. The van der Waals surface area contributed by atoms with Gasteiger partial charge < -0.3 is 4.74 Å². The van der Waals surface area contributed by atoms with Gasteiger partial charge in [0.25, 0.3) is 0 Å². The second-order valence-electron chi connectivity index (χ2n) is 2.88. The summed E-state index contributed by atoms with van der Waals surface area (Å²) in [6.07, 6.45) is 2.06. The van der Waals surface area contributed by atoms with Gasteiger partial charge in [-0.3, -0.25) is 4.79 Å². The first-order chi connectivity index (χ1) is 6.77. The Morgan fingerprint density at radius 2 is 2.21 bits per heavy atom. The molecule has 0 amide bonds. The van der Waals surface area contributed by atoms with Crippen LogP contribution in [0.15, 0.2) is 30.8 Å². The van der Waals surface area contributed by atoms with Crippen LogP contribution in [0.25, 0.3) is 6.08 Å². The zero-order valence-corrected chi connectivity index (χ0v) is 8.32. The van der Waals surface area contributed by atoms with Crippen LogP contribution in [0, 0.1) is 0 Å². The fraction of sp³-hybridized carbons (Fsp3) is 0.250. The summed E-state index contributed by atoms with van der Waals surface area (Å²) in [6, 6.07) is 7.67. The van der Waals surface area contributed by atoms with Crippen LogP contribution in [0.1, 0.15) is 18.1 Å².